The van der Waals surface area contributed by atoms with Crippen molar-refractivity contribution in [1.29, 1.82) is 0 Å². The van der Waals surface area contributed by atoms with Gasteiger partial charge in [0.05, 0.1) is 5.69 Å². The standard InChI is InChI=1S/C9H12N2O2S/c1-2-6-7(8(12)13)14-9(11-6)10-5-3-4-5/h5H,2-4H2,1H3,(H,10,11)(H,12,13). The predicted octanol–water partition coefficient (Wildman–Crippen LogP) is 1.98. The second-order valence-electron chi connectivity index (χ2n) is 3.37. The van der Waals surface area contributed by atoms with Gasteiger partial charge >= 0.3 is 5.97 Å². The summed E-state index contributed by atoms with van der Waals surface area (Å²) in [5.41, 5.74) is 0.686. The van der Waals surface area contributed by atoms with Crippen LogP contribution >= 0.6 is 11.3 Å². The first-order valence-electron chi connectivity index (χ1n) is 4.70. The summed E-state index contributed by atoms with van der Waals surface area (Å²) in [6.45, 7) is 1.92. The molecule has 1 heterocycles. The number of carbonyl (C=O) groups is 1. The van der Waals surface area contributed by atoms with Gasteiger partial charge in [-0.05, 0) is 19.3 Å². The Labute approximate surface area is 86.0 Å². The average Bonchev–Trinajstić information content (AvgIpc) is 2.83. The molecule has 0 bridgehead atoms. The Kier molecular flexibility index (Phi) is 2.41. The predicted molar refractivity (Wildman–Crippen MR) is 55.1 cm³/mol. The van der Waals surface area contributed by atoms with E-state index >= 15 is 0 Å². The highest BCUT2D eigenvalue weighted by molar-refractivity contribution is 7.17. The fourth-order valence-electron chi connectivity index (χ4n) is 1.22. The number of aromatic carboxylic acids is 1. The zero-order valence-electron chi connectivity index (χ0n) is 7.91. The zero-order chi connectivity index (χ0) is 10.1. The highest BCUT2D eigenvalue weighted by Crippen LogP contribution is 2.29. The van der Waals surface area contributed by atoms with Gasteiger partial charge in [0.15, 0.2) is 5.13 Å². The molecule has 0 radical (unpaired) electrons. The Morgan fingerprint density at radius 2 is 2.43 bits per heavy atom. The molecule has 1 aromatic heterocycles. The van der Waals surface area contributed by atoms with E-state index in [0.29, 0.717) is 23.0 Å². The van der Waals surface area contributed by atoms with E-state index in [-0.39, 0.29) is 0 Å². The number of thiazole rings is 1. The van der Waals surface area contributed by atoms with Crippen molar-refractivity contribution in [3.05, 3.63) is 10.6 Å². The lowest BCUT2D eigenvalue weighted by Gasteiger charge is -1.95. The van der Waals surface area contributed by atoms with E-state index in [2.05, 4.69) is 10.3 Å². The number of anilines is 1. The van der Waals surface area contributed by atoms with Crippen LogP contribution < -0.4 is 5.32 Å². The first-order valence-corrected chi connectivity index (χ1v) is 5.52. The van der Waals surface area contributed by atoms with Crippen molar-refractivity contribution in [2.75, 3.05) is 5.32 Å². The van der Waals surface area contributed by atoms with Gasteiger partial charge in [0.25, 0.3) is 0 Å². The van der Waals surface area contributed by atoms with Crippen molar-refractivity contribution in [2.24, 2.45) is 0 Å². The van der Waals surface area contributed by atoms with Crippen LogP contribution in [-0.4, -0.2) is 22.1 Å². The molecule has 76 valence electrons. The van der Waals surface area contributed by atoms with Gasteiger partial charge in [-0.2, -0.15) is 0 Å². The summed E-state index contributed by atoms with van der Waals surface area (Å²) >= 11 is 1.24. The molecular formula is C9H12N2O2S. The fourth-order valence-corrected chi connectivity index (χ4v) is 2.19. The number of rotatable bonds is 4. The summed E-state index contributed by atoms with van der Waals surface area (Å²) in [4.78, 5) is 15.5. The van der Waals surface area contributed by atoms with Crippen molar-refractivity contribution < 1.29 is 9.90 Å². The minimum atomic E-state index is -0.872. The maximum absolute atomic E-state index is 10.8. The van der Waals surface area contributed by atoms with E-state index in [4.69, 9.17) is 5.11 Å². The topological polar surface area (TPSA) is 62.2 Å². The fraction of sp³-hybridized carbons (Fsp3) is 0.556. The van der Waals surface area contributed by atoms with Gasteiger partial charge in [-0.25, -0.2) is 9.78 Å². The lowest BCUT2D eigenvalue weighted by atomic mass is 10.3. The first kappa shape index (κ1) is 9.45. The van der Waals surface area contributed by atoms with Crippen LogP contribution in [0.2, 0.25) is 0 Å². The van der Waals surface area contributed by atoms with Gasteiger partial charge in [-0.15, -0.1) is 0 Å². The molecule has 2 N–H and O–H groups in total. The summed E-state index contributed by atoms with van der Waals surface area (Å²) in [7, 11) is 0. The minimum Gasteiger partial charge on any atom is -0.477 e. The van der Waals surface area contributed by atoms with Crippen LogP contribution in [0, 0.1) is 0 Å². The summed E-state index contributed by atoms with van der Waals surface area (Å²) in [6.07, 6.45) is 3.01. The molecule has 1 saturated carbocycles. The van der Waals surface area contributed by atoms with Crippen molar-refractivity contribution in [1.82, 2.24) is 4.98 Å². The largest absolute Gasteiger partial charge is 0.477 e. The van der Waals surface area contributed by atoms with E-state index in [0.717, 1.165) is 5.13 Å². The molecule has 2 rings (SSSR count). The van der Waals surface area contributed by atoms with E-state index < -0.39 is 5.97 Å². The Hall–Kier alpha value is -1.10. The maximum atomic E-state index is 10.8. The van der Waals surface area contributed by atoms with Gasteiger partial charge in [-0.3, -0.25) is 0 Å². The van der Waals surface area contributed by atoms with Crippen molar-refractivity contribution in [3.8, 4) is 0 Å². The summed E-state index contributed by atoms with van der Waals surface area (Å²) in [5.74, 6) is -0.872. The minimum absolute atomic E-state index is 0.371. The van der Waals surface area contributed by atoms with Crippen molar-refractivity contribution in [3.63, 3.8) is 0 Å². The van der Waals surface area contributed by atoms with Crippen LogP contribution in [0.5, 0.6) is 0 Å². The number of carboxylic acids is 1. The molecule has 0 unspecified atom stereocenters. The second-order valence-corrected chi connectivity index (χ2v) is 4.37. The van der Waals surface area contributed by atoms with E-state index in [1.165, 1.54) is 24.2 Å². The number of carboxylic acid groups (broad SMARTS) is 1. The zero-order valence-corrected chi connectivity index (χ0v) is 8.73. The normalized spacial score (nSPS) is 15.5. The monoisotopic (exact) mass is 212 g/mol. The van der Waals surface area contributed by atoms with Crippen LogP contribution in [0.4, 0.5) is 5.13 Å². The molecule has 14 heavy (non-hydrogen) atoms. The molecular weight excluding hydrogens is 200 g/mol. The Bertz CT molecular complexity index is 358. The van der Waals surface area contributed by atoms with Crippen molar-refractivity contribution in [2.45, 2.75) is 32.2 Å². The molecule has 1 fully saturated rings. The summed E-state index contributed by atoms with van der Waals surface area (Å²) < 4.78 is 0. The first-order chi connectivity index (χ1) is 6.70. The lowest BCUT2D eigenvalue weighted by molar-refractivity contribution is 0.0701. The number of nitrogens with zero attached hydrogens (tertiary/aromatic N) is 1. The van der Waals surface area contributed by atoms with E-state index in [1.807, 2.05) is 6.92 Å². The smallest absolute Gasteiger partial charge is 0.347 e. The Balaban J connectivity index is 2.20. The Morgan fingerprint density at radius 1 is 1.71 bits per heavy atom. The molecule has 5 heteroatoms. The maximum Gasteiger partial charge on any atom is 0.347 e. The highest BCUT2D eigenvalue weighted by Gasteiger charge is 2.24. The summed E-state index contributed by atoms with van der Waals surface area (Å²) in [5, 5.41) is 12.9. The average molecular weight is 212 g/mol. The third kappa shape index (κ3) is 1.87. The van der Waals surface area contributed by atoms with Gasteiger partial charge in [0, 0.05) is 6.04 Å². The van der Waals surface area contributed by atoms with Crippen LogP contribution in [0.1, 0.15) is 35.1 Å². The Morgan fingerprint density at radius 3 is 2.86 bits per heavy atom. The molecule has 0 aliphatic heterocycles. The summed E-state index contributed by atoms with van der Waals surface area (Å²) in [6, 6.07) is 0.521. The van der Waals surface area contributed by atoms with Crippen LogP contribution in [-0.2, 0) is 6.42 Å². The van der Waals surface area contributed by atoms with Gasteiger partial charge in [0.2, 0.25) is 0 Å². The number of hydrogen-bond acceptors (Lipinski definition) is 4. The number of nitrogens with one attached hydrogen (secondary N) is 1. The van der Waals surface area contributed by atoms with Crippen molar-refractivity contribution >= 4 is 22.4 Å². The van der Waals surface area contributed by atoms with Crippen LogP contribution in [0.25, 0.3) is 0 Å². The third-order valence-electron chi connectivity index (χ3n) is 2.13. The molecule has 4 nitrogen and oxygen atoms in total. The number of hydrogen-bond donors (Lipinski definition) is 2. The highest BCUT2D eigenvalue weighted by atomic mass is 32.1. The molecule has 0 saturated heterocycles. The molecule has 0 amide bonds. The molecule has 1 aliphatic rings. The second kappa shape index (κ2) is 3.57. The molecule has 0 aromatic carbocycles. The van der Waals surface area contributed by atoms with E-state index in [1.54, 1.807) is 0 Å². The van der Waals surface area contributed by atoms with E-state index in [9.17, 15) is 4.79 Å². The molecule has 1 aromatic rings. The van der Waals surface area contributed by atoms with Gasteiger partial charge in [0.1, 0.15) is 4.88 Å². The third-order valence-corrected chi connectivity index (χ3v) is 3.15. The van der Waals surface area contributed by atoms with Gasteiger partial charge in [-0.1, -0.05) is 18.3 Å². The lowest BCUT2D eigenvalue weighted by Crippen LogP contribution is -2.00. The number of aromatic nitrogens is 1. The molecule has 0 spiro atoms. The van der Waals surface area contributed by atoms with Crippen LogP contribution in [0.3, 0.4) is 0 Å². The molecule has 0 atom stereocenters. The number of aryl methyl sites for hydroxylation is 1. The van der Waals surface area contributed by atoms with Gasteiger partial charge < -0.3 is 10.4 Å². The molecule has 1 aliphatic carbocycles. The van der Waals surface area contributed by atoms with Crippen LogP contribution in [0.15, 0.2) is 0 Å². The quantitative estimate of drug-likeness (QED) is 0.801. The SMILES string of the molecule is CCc1nc(NC2CC2)sc1C(=O)O.